The third-order valence-electron chi connectivity index (χ3n) is 2.41. The molecule has 1 saturated heterocycles. The van der Waals surface area contributed by atoms with Crippen molar-refractivity contribution < 1.29 is 9.53 Å². The second-order valence-electron chi connectivity index (χ2n) is 3.51. The van der Waals surface area contributed by atoms with Crippen molar-refractivity contribution in [1.82, 2.24) is 10.3 Å². The fourth-order valence-electron chi connectivity index (χ4n) is 1.65. The van der Waals surface area contributed by atoms with Crippen molar-refractivity contribution in [2.45, 2.75) is 0 Å². The molecule has 1 fully saturated rings. The van der Waals surface area contributed by atoms with Crippen LogP contribution in [0.1, 0.15) is 0 Å². The van der Waals surface area contributed by atoms with Gasteiger partial charge in [-0.15, -0.1) is 0 Å². The Kier molecular flexibility index (Phi) is 3.21. The molecule has 16 heavy (non-hydrogen) atoms. The molecule has 2 rings (SSSR count). The van der Waals surface area contributed by atoms with Crippen LogP contribution in [0.2, 0.25) is 0 Å². The Labute approximate surface area is 93.4 Å². The highest BCUT2D eigenvalue weighted by Crippen LogP contribution is 2.16. The molecule has 1 amide bonds. The molecule has 1 aromatic rings. The number of rotatable bonds is 2. The van der Waals surface area contributed by atoms with Crippen LogP contribution < -0.4 is 20.7 Å². The van der Waals surface area contributed by atoms with Gasteiger partial charge in [0.2, 0.25) is 5.88 Å². The van der Waals surface area contributed by atoms with E-state index in [9.17, 15) is 4.79 Å². The average molecular weight is 222 g/mol. The minimum Gasteiger partial charge on any atom is -0.391 e. The third kappa shape index (κ3) is 2.60. The van der Waals surface area contributed by atoms with E-state index in [-0.39, 0.29) is 5.88 Å². The first-order valence-electron chi connectivity index (χ1n) is 5.15. The molecule has 1 aliphatic rings. The van der Waals surface area contributed by atoms with Crippen molar-refractivity contribution in [2.75, 3.05) is 31.1 Å². The molecule has 0 aromatic carbocycles. The van der Waals surface area contributed by atoms with E-state index < -0.39 is 6.09 Å². The van der Waals surface area contributed by atoms with E-state index in [1.165, 1.54) is 0 Å². The van der Waals surface area contributed by atoms with Gasteiger partial charge in [-0.25, -0.2) is 9.78 Å². The molecular formula is C10H14N4O2. The van der Waals surface area contributed by atoms with E-state index in [4.69, 9.17) is 5.73 Å². The van der Waals surface area contributed by atoms with Crippen LogP contribution in [0.4, 0.5) is 10.5 Å². The van der Waals surface area contributed by atoms with Gasteiger partial charge in [-0.3, -0.25) is 0 Å². The molecule has 0 bridgehead atoms. The van der Waals surface area contributed by atoms with Gasteiger partial charge >= 0.3 is 6.09 Å². The summed E-state index contributed by atoms with van der Waals surface area (Å²) in [6.45, 7) is 3.86. The van der Waals surface area contributed by atoms with Gasteiger partial charge in [-0.2, -0.15) is 0 Å². The number of nitrogens with zero attached hydrogens (tertiary/aromatic N) is 2. The normalized spacial score (nSPS) is 15.9. The van der Waals surface area contributed by atoms with Crippen LogP contribution in [0, 0.1) is 0 Å². The molecule has 0 spiro atoms. The Hall–Kier alpha value is -1.82. The van der Waals surface area contributed by atoms with Gasteiger partial charge in [0.25, 0.3) is 0 Å². The number of aromatic nitrogens is 1. The zero-order chi connectivity index (χ0) is 11.4. The molecule has 0 atom stereocenters. The number of nitrogens with one attached hydrogen (secondary N) is 1. The first-order valence-corrected chi connectivity index (χ1v) is 5.15. The second-order valence-corrected chi connectivity index (χ2v) is 3.51. The smallest absolute Gasteiger partial charge is 0.391 e. The number of hydrogen-bond acceptors (Lipinski definition) is 5. The summed E-state index contributed by atoms with van der Waals surface area (Å²) in [7, 11) is 0. The largest absolute Gasteiger partial charge is 0.411 e. The number of anilines is 1. The summed E-state index contributed by atoms with van der Waals surface area (Å²) in [6, 6.07) is 3.51. The van der Waals surface area contributed by atoms with Gasteiger partial charge in [0.15, 0.2) is 0 Å². The minimum absolute atomic E-state index is 0.228. The fraction of sp³-hybridized carbons (Fsp3) is 0.400. The average Bonchev–Trinajstić information content (AvgIpc) is 2.30. The fourth-order valence-corrected chi connectivity index (χ4v) is 1.65. The number of nitrogens with two attached hydrogens (primary N) is 1. The van der Waals surface area contributed by atoms with Gasteiger partial charge in [0.1, 0.15) is 0 Å². The Morgan fingerprint density at radius 3 is 2.75 bits per heavy atom. The highest BCUT2D eigenvalue weighted by atomic mass is 16.6. The van der Waals surface area contributed by atoms with Crippen LogP contribution in [0.15, 0.2) is 18.3 Å². The maximum Gasteiger partial charge on any atom is 0.411 e. The minimum atomic E-state index is -0.845. The van der Waals surface area contributed by atoms with Gasteiger partial charge in [-0.05, 0) is 6.07 Å². The molecule has 1 aromatic heterocycles. The van der Waals surface area contributed by atoms with Crippen LogP contribution in [0.5, 0.6) is 5.88 Å². The molecule has 3 N–H and O–H groups in total. The Morgan fingerprint density at radius 1 is 1.44 bits per heavy atom. The molecule has 6 nitrogen and oxygen atoms in total. The van der Waals surface area contributed by atoms with Crippen LogP contribution in [-0.4, -0.2) is 37.3 Å². The summed E-state index contributed by atoms with van der Waals surface area (Å²) in [5, 5.41) is 3.27. The van der Waals surface area contributed by atoms with E-state index in [2.05, 4.69) is 19.9 Å². The van der Waals surface area contributed by atoms with Crippen LogP contribution in [-0.2, 0) is 0 Å². The molecule has 6 heteroatoms. The predicted octanol–water partition coefficient (Wildman–Crippen LogP) is -0.0513. The van der Waals surface area contributed by atoms with Crippen molar-refractivity contribution in [2.24, 2.45) is 5.73 Å². The summed E-state index contributed by atoms with van der Waals surface area (Å²) in [5.41, 5.74) is 5.91. The molecule has 0 unspecified atom stereocenters. The Bertz CT molecular complexity index is 360. The highest BCUT2D eigenvalue weighted by Gasteiger charge is 2.10. The van der Waals surface area contributed by atoms with Crippen LogP contribution >= 0.6 is 0 Å². The molecule has 86 valence electrons. The Balaban J connectivity index is 2.03. The maximum atomic E-state index is 10.5. The summed E-state index contributed by atoms with van der Waals surface area (Å²) >= 11 is 0. The van der Waals surface area contributed by atoms with E-state index in [1.54, 1.807) is 12.3 Å². The van der Waals surface area contributed by atoms with Crippen molar-refractivity contribution in [3.63, 3.8) is 0 Å². The third-order valence-corrected chi connectivity index (χ3v) is 2.41. The molecule has 0 radical (unpaired) electrons. The summed E-state index contributed by atoms with van der Waals surface area (Å²) in [5.74, 6) is 0.228. The van der Waals surface area contributed by atoms with Crippen molar-refractivity contribution >= 4 is 11.8 Å². The van der Waals surface area contributed by atoms with Crippen molar-refractivity contribution in [1.29, 1.82) is 0 Å². The molecule has 0 aliphatic carbocycles. The quantitative estimate of drug-likeness (QED) is 0.733. The molecule has 2 heterocycles. The number of hydrogen-bond donors (Lipinski definition) is 2. The number of ether oxygens (including phenoxy) is 1. The maximum absolute atomic E-state index is 10.5. The number of primary amides is 1. The van der Waals surface area contributed by atoms with Crippen molar-refractivity contribution in [3.05, 3.63) is 18.3 Å². The molecule has 0 saturated carbocycles. The number of piperazine rings is 1. The van der Waals surface area contributed by atoms with Gasteiger partial charge in [-0.1, -0.05) is 0 Å². The topological polar surface area (TPSA) is 80.5 Å². The van der Waals surface area contributed by atoms with E-state index in [0.717, 1.165) is 31.9 Å². The molecule has 1 aliphatic heterocycles. The lowest BCUT2D eigenvalue weighted by Crippen LogP contribution is -2.43. The lowest BCUT2D eigenvalue weighted by Gasteiger charge is -2.29. The van der Waals surface area contributed by atoms with Gasteiger partial charge in [0, 0.05) is 32.2 Å². The zero-order valence-electron chi connectivity index (χ0n) is 8.85. The number of pyridine rings is 1. The number of carbonyl (C=O) groups is 1. The van der Waals surface area contributed by atoms with E-state index in [0.29, 0.717) is 0 Å². The van der Waals surface area contributed by atoms with E-state index >= 15 is 0 Å². The van der Waals surface area contributed by atoms with Crippen LogP contribution in [0.25, 0.3) is 0 Å². The van der Waals surface area contributed by atoms with Gasteiger partial charge in [0.05, 0.1) is 11.9 Å². The summed E-state index contributed by atoms with van der Waals surface area (Å²) in [4.78, 5) is 16.7. The van der Waals surface area contributed by atoms with Crippen LogP contribution in [0.3, 0.4) is 0 Å². The predicted molar refractivity (Wildman–Crippen MR) is 59.5 cm³/mol. The number of amides is 1. The lowest BCUT2D eigenvalue weighted by molar-refractivity contribution is 0.209. The second kappa shape index (κ2) is 4.80. The monoisotopic (exact) mass is 222 g/mol. The Morgan fingerprint density at radius 2 is 2.19 bits per heavy atom. The summed E-state index contributed by atoms with van der Waals surface area (Å²) in [6.07, 6.45) is 0.839. The zero-order valence-corrected chi connectivity index (χ0v) is 8.85. The first-order chi connectivity index (χ1) is 7.75. The lowest BCUT2D eigenvalue weighted by atomic mass is 10.3. The van der Waals surface area contributed by atoms with E-state index in [1.807, 2.05) is 6.07 Å². The van der Waals surface area contributed by atoms with Gasteiger partial charge < -0.3 is 20.7 Å². The SMILES string of the molecule is NC(=O)Oc1ccc(N2CCNCC2)cn1. The standard InChI is InChI=1S/C10H14N4O2/c11-10(15)16-9-2-1-8(7-13-9)14-5-3-12-4-6-14/h1-2,7,12H,3-6H2,(H2,11,15). The summed E-state index contributed by atoms with van der Waals surface area (Å²) < 4.78 is 4.65. The van der Waals surface area contributed by atoms with Crippen molar-refractivity contribution in [3.8, 4) is 5.88 Å². The number of carbonyl (C=O) groups excluding carboxylic acids is 1. The highest BCUT2D eigenvalue weighted by molar-refractivity contribution is 5.67. The first kappa shape index (κ1) is 10.7. The molecular weight excluding hydrogens is 208 g/mol.